The van der Waals surface area contributed by atoms with Gasteiger partial charge in [0.25, 0.3) is 0 Å². The lowest BCUT2D eigenvalue weighted by atomic mass is 9.82. The largest absolute Gasteiger partial charge is 0.372 e. The van der Waals surface area contributed by atoms with Gasteiger partial charge in [-0.1, -0.05) is 36.4 Å². The third-order valence-electron chi connectivity index (χ3n) is 5.02. The Morgan fingerprint density at radius 3 is 2.63 bits per heavy atom. The number of aromatic nitrogens is 4. The Hall–Kier alpha value is -2.38. The van der Waals surface area contributed by atoms with Crippen molar-refractivity contribution in [1.29, 1.82) is 0 Å². The lowest BCUT2D eigenvalue weighted by Crippen LogP contribution is -2.49. The van der Waals surface area contributed by atoms with Crippen LogP contribution in [0.1, 0.15) is 26.2 Å². The van der Waals surface area contributed by atoms with Gasteiger partial charge in [0.05, 0.1) is 4.75 Å². The molecule has 0 radical (unpaired) electrons. The zero-order valence-corrected chi connectivity index (χ0v) is 16.1. The summed E-state index contributed by atoms with van der Waals surface area (Å²) >= 11 is 1.63. The maximum absolute atomic E-state index is 10.9. The second-order valence-corrected chi connectivity index (χ2v) is 8.11. The molecule has 1 aliphatic carbocycles. The molecule has 2 heterocycles. The number of thioether (sulfide) groups is 1. The summed E-state index contributed by atoms with van der Waals surface area (Å²) in [4.78, 5) is 4.18. The summed E-state index contributed by atoms with van der Waals surface area (Å²) in [6, 6.07) is 13.7. The van der Waals surface area contributed by atoms with E-state index >= 15 is 0 Å². The maximum atomic E-state index is 10.9. The van der Waals surface area contributed by atoms with Crippen LogP contribution in [0.4, 0.5) is 5.69 Å². The van der Waals surface area contributed by atoms with Crippen LogP contribution in [0.3, 0.4) is 0 Å². The van der Waals surface area contributed by atoms with Crippen LogP contribution in [0.5, 0.6) is 0 Å². The predicted molar refractivity (Wildman–Crippen MR) is 107 cm³/mol. The van der Waals surface area contributed by atoms with Gasteiger partial charge in [0.15, 0.2) is 11.0 Å². The number of hydrogen-bond acceptors (Lipinski definition) is 6. The molecular weight excluding hydrogens is 358 g/mol. The van der Waals surface area contributed by atoms with Gasteiger partial charge in [-0.2, -0.15) is 0 Å². The zero-order valence-electron chi connectivity index (χ0n) is 15.2. The molecule has 4 rings (SSSR count). The van der Waals surface area contributed by atoms with Crippen LogP contribution >= 0.6 is 11.8 Å². The molecule has 2 aromatic heterocycles. The van der Waals surface area contributed by atoms with Gasteiger partial charge in [-0.05, 0) is 44.0 Å². The Kier molecular flexibility index (Phi) is 5.13. The lowest BCUT2D eigenvalue weighted by molar-refractivity contribution is 0.110. The molecule has 1 unspecified atom stereocenters. The molecule has 1 saturated carbocycles. The first-order valence-corrected chi connectivity index (χ1v) is 10.1. The molecule has 0 spiro atoms. The molecule has 27 heavy (non-hydrogen) atoms. The Bertz CT molecular complexity index is 880. The molecule has 0 amide bonds. The van der Waals surface area contributed by atoms with Crippen molar-refractivity contribution in [2.45, 2.75) is 48.9 Å². The van der Waals surface area contributed by atoms with Crippen LogP contribution in [0.2, 0.25) is 0 Å². The van der Waals surface area contributed by atoms with Crippen molar-refractivity contribution in [3.05, 3.63) is 54.9 Å². The highest BCUT2D eigenvalue weighted by molar-refractivity contribution is 8.00. The van der Waals surface area contributed by atoms with Crippen LogP contribution in [0.25, 0.3) is 11.4 Å². The van der Waals surface area contributed by atoms with Gasteiger partial charge in [0.1, 0.15) is 6.23 Å². The average molecular weight is 382 g/mol. The monoisotopic (exact) mass is 381 g/mol. The standard InChI is InChI=1S/C20H23N5OS/c1-2-25-17(15-8-6-13-21-14-15)23-24-19(25)27-20(11-7-12-20)18(26)22-16-9-4-3-5-10-16/h3-6,8-10,13-14,18,22,26H,2,7,11-12H2,1H3. The van der Waals surface area contributed by atoms with Crippen molar-refractivity contribution in [3.8, 4) is 11.4 Å². The molecular formula is C20H23N5OS. The van der Waals surface area contributed by atoms with Crippen LogP contribution in [0.15, 0.2) is 60.0 Å². The van der Waals surface area contributed by atoms with E-state index in [9.17, 15) is 5.11 Å². The maximum Gasteiger partial charge on any atom is 0.192 e. The molecule has 140 valence electrons. The van der Waals surface area contributed by atoms with Crippen molar-refractivity contribution < 1.29 is 5.11 Å². The van der Waals surface area contributed by atoms with Crippen molar-refractivity contribution in [2.24, 2.45) is 0 Å². The fraction of sp³-hybridized carbons (Fsp3) is 0.350. The highest BCUT2D eigenvalue weighted by atomic mass is 32.2. The third kappa shape index (κ3) is 3.57. The SMILES string of the molecule is CCn1c(SC2(C(O)Nc3ccccc3)CCC2)nnc1-c1cccnc1. The number of aliphatic hydroxyl groups excluding tert-OH is 1. The van der Waals surface area contributed by atoms with Crippen LogP contribution in [-0.2, 0) is 6.54 Å². The fourth-order valence-corrected chi connectivity index (χ4v) is 4.75. The summed E-state index contributed by atoms with van der Waals surface area (Å²) in [5.41, 5.74) is 1.87. The lowest BCUT2D eigenvalue weighted by Gasteiger charge is -2.44. The number of rotatable bonds is 7. The van der Waals surface area contributed by atoms with Gasteiger partial charge in [-0.25, -0.2) is 0 Å². The summed E-state index contributed by atoms with van der Waals surface area (Å²) in [6.07, 6.45) is 5.89. The predicted octanol–water partition coefficient (Wildman–Crippen LogP) is 3.81. The third-order valence-corrected chi connectivity index (χ3v) is 6.55. The highest BCUT2D eigenvalue weighted by Gasteiger charge is 2.46. The van der Waals surface area contributed by atoms with E-state index in [4.69, 9.17) is 0 Å². The van der Waals surface area contributed by atoms with E-state index < -0.39 is 6.23 Å². The van der Waals surface area contributed by atoms with Crippen molar-refractivity contribution >= 4 is 17.4 Å². The summed E-state index contributed by atoms with van der Waals surface area (Å²) in [5, 5.41) is 23.8. The first-order valence-electron chi connectivity index (χ1n) is 9.24. The Balaban J connectivity index is 1.57. The molecule has 0 bridgehead atoms. The van der Waals surface area contributed by atoms with E-state index in [0.717, 1.165) is 48.0 Å². The average Bonchev–Trinajstić information content (AvgIpc) is 3.08. The minimum absolute atomic E-state index is 0.290. The summed E-state index contributed by atoms with van der Waals surface area (Å²) in [5.74, 6) is 0.813. The Morgan fingerprint density at radius 1 is 1.19 bits per heavy atom. The Morgan fingerprint density at radius 2 is 2.00 bits per heavy atom. The van der Waals surface area contributed by atoms with Gasteiger partial charge in [-0.15, -0.1) is 10.2 Å². The molecule has 3 aromatic rings. The van der Waals surface area contributed by atoms with Crippen molar-refractivity contribution in [1.82, 2.24) is 19.7 Å². The molecule has 0 saturated heterocycles. The molecule has 1 fully saturated rings. The smallest absolute Gasteiger partial charge is 0.192 e. The quantitative estimate of drug-likeness (QED) is 0.606. The van der Waals surface area contributed by atoms with E-state index in [0.29, 0.717) is 0 Å². The summed E-state index contributed by atoms with van der Waals surface area (Å²) < 4.78 is 1.80. The van der Waals surface area contributed by atoms with Gasteiger partial charge >= 0.3 is 0 Å². The molecule has 1 aliphatic rings. The number of anilines is 1. The van der Waals surface area contributed by atoms with E-state index in [1.165, 1.54) is 0 Å². The molecule has 0 aliphatic heterocycles. The van der Waals surface area contributed by atoms with Gasteiger partial charge in [0, 0.05) is 30.2 Å². The minimum Gasteiger partial charge on any atom is -0.372 e. The van der Waals surface area contributed by atoms with Gasteiger partial charge < -0.3 is 15.0 Å². The molecule has 1 atom stereocenters. The topological polar surface area (TPSA) is 75.9 Å². The Labute approximate surface area is 163 Å². The summed E-state index contributed by atoms with van der Waals surface area (Å²) in [7, 11) is 0. The number of aliphatic hydroxyl groups is 1. The first kappa shape index (κ1) is 18.0. The van der Waals surface area contributed by atoms with E-state index in [1.807, 2.05) is 42.5 Å². The number of benzene rings is 1. The van der Waals surface area contributed by atoms with Gasteiger partial charge in [0.2, 0.25) is 0 Å². The normalized spacial score (nSPS) is 16.5. The van der Waals surface area contributed by atoms with Crippen molar-refractivity contribution in [3.63, 3.8) is 0 Å². The zero-order chi connectivity index (χ0) is 18.7. The number of hydrogen-bond donors (Lipinski definition) is 2. The van der Waals surface area contributed by atoms with Crippen LogP contribution < -0.4 is 5.32 Å². The highest BCUT2D eigenvalue weighted by Crippen LogP contribution is 2.50. The van der Waals surface area contributed by atoms with Gasteiger partial charge in [-0.3, -0.25) is 4.98 Å². The van der Waals surface area contributed by atoms with Crippen LogP contribution in [-0.4, -0.2) is 35.8 Å². The van der Waals surface area contributed by atoms with E-state index in [1.54, 1.807) is 24.2 Å². The summed E-state index contributed by atoms with van der Waals surface area (Å²) in [6.45, 7) is 2.84. The minimum atomic E-state index is -0.650. The molecule has 7 heteroatoms. The number of para-hydroxylation sites is 1. The molecule has 1 aromatic carbocycles. The molecule has 6 nitrogen and oxygen atoms in total. The first-order chi connectivity index (χ1) is 13.2. The molecule has 2 N–H and O–H groups in total. The van der Waals surface area contributed by atoms with Crippen LogP contribution in [0, 0.1) is 0 Å². The second-order valence-electron chi connectivity index (χ2n) is 6.73. The van der Waals surface area contributed by atoms with Crippen molar-refractivity contribution in [2.75, 3.05) is 5.32 Å². The van der Waals surface area contributed by atoms with E-state index in [2.05, 4.69) is 32.0 Å². The number of pyridine rings is 1. The fourth-order valence-electron chi connectivity index (χ4n) is 3.32. The number of nitrogens with zero attached hydrogens (tertiary/aromatic N) is 4. The number of nitrogens with one attached hydrogen (secondary N) is 1. The van der Waals surface area contributed by atoms with E-state index in [-0.39, 0.29) is 4.75 Å². The second kappa shape index (κ2) is 7.70.